The van der Waals surface area contributed by atoms with Gasteiger partial charge in [0.15, 0.2) is 5.96 Å². The van der Waals surface area contributed by atoms with Gasteiger partial charge in [-0.3, -0.25) is 0 Å². The fourth-order valence-electron chi connectivity index (χ4n) is 2.06. The Kier molecular flexibility index (Phi) is 10.5. The van der Waals surface area contributed by atoms with Gasteiger partial charge in [-0.25, -0.2) is 4.99 Å². The minimum absolute atomic E-state index is 0. The van der Waals surface area contributed by atoms with Gasteiger partial charge in [-0.15, -0.1) is 24.0 Å². The fourth-order valence-corrected chi connectivity index (χ4v) is 2.06. The first-order chi connectivity index (χ1) is 10.0. The molecule has 5 nitrogen and oxygen atoms in total. The van der Waals surface area contributed by atoms with E-state index in [2.05, 4.69) is 29.5 Å². The Bertz CT molecular complexity index is 415. The fraction of sp³-hybridized carbons (Fsp3) is 0.688. The molecule has 0 aliphatic rings. The van der Waals surface area contributed by atoms with E-state index in [0.717, 1.165) is 31.9 Å². The van der Waals surface area contributed by atoms with Crippen LogP contribution in [-0.4, -0.2) is 30.7 Å². The molecule has 0 amide bonds. The van der Waals surface area contributed by atoms with Gasteiger partial charge in [0.1, 0.15) is 11.4 Å². The molecule has 128 valence electrons. The molecule has 0 saturated heterocycles. The van der Waals surface area contributed by atoms with Crippen LogP contribution in [0.3, 0.4) is 0 Å². The van der Waals surface area contributed by atoms with Crippen molar-refractivity contribution in [1.82, 2.24) is 10.6 Å². The average Bonchev–Trinajstić information content (AvgIpc) is 3.00. The van der Waals surface area contributed by atoms with E-state index in [4.69, 9.17) is 4.42 Å². The maximum Gasteiger partial charge on any atom is 0.191 e. The number of hydrogen-bond acceptors (Lipinski definition) is 3. The highest BCUT2D eigenvalue weighted by Crippen LogP contribution is 2.21. The van der Waals surface area contributed by atoms with Crippen LogP contribution < -0.4 is 10.6 Å². The van der Waals surface area contributed by atoms with E-state index in [1.807, 2.05) is 6.92 Å². The molecule has 1 rings (SSSR count). The summed E-state index contributed by atoms with van der Waals surface area (Å²) in [6, 6.07) is 3.53. The quantitative estimate of drug-likeness (QED) is 0.342. The van der Waals surface area contributed by atoms with Crippen molar-refractivity contribution < 1.29 is 9.52 Å². The van der Waals surface area contributed by atoms with Crippen molar-refractivity contribution in [3.63, 3.8) is 0 Å². The first-order valence-electron chi connectivity index (χ1n) is 7.82. The second-order valence-electron chi connectivity index (χ2n) is 5.51. The molecule has 0 spiro atoms. The number of aliphatic imine (C=N–C) groups is 1. The first-order valence-corrected chi connectivity index (χ1v) is 7.82. The van der Waals surface area contributed by atoms with Crippen molar-refractivity contribution in [3.05, 3.63) is 24.2 Å². The van der Waals surface area contributed by atoms with Gasteiger partial charge in [0.05, 0.1) is 12.8 Å². The summed E-state index contributed by atoms with van der Waals surface area (Å²) < 4.78 is 5.26. The predicted molar refractivity (Wildman–Crippen MR) is 102 cm³/mol. The molecule has 3 N–H and O–H groups in total. The lowest BCUT2D eigenvalue weighted by molar-refractivity contribution is 0.0437. The van der Waals surface area contributed by atoms with Crippen molar-refractivity contribution in [1.29, 1.82) is 0 Å². The highest BCUT2D eigenvalue weighted by Gasteiger charge is 2.26. The molecule has 0 aromatic carbocycles. The Morgan fingerprint density at radius 2 is 2.00 bits per heavy atom. The van der Waals surface area contributed by atoms with Crippen LogP contribution in [0.25, 0.3) is 0 Å². The Hall–Kier alpha value is -0.760. The van der Waals surface area contributed by atoms with Crippen LogP contribution in [-0.2, 0) is 5.60 Å². The summed E-state index contributed by atoms with van der Waals surface area (Å²) in [7, 11) is 0. The summed E-state index contributed by atoms with van der Waals surface area (Å²) >= 11 is 0. The minimum atomic E-state index is -1.10. The average molecular weight is 423 g/mol. The van der Waals surface area contributed by atoms with Gasteiger partial charge in [-0.05, 0) is 31.9 Å². The van der Waals surface area contributed by atoms with Crippen LogP contribution >= 0.6 is 24.0 Å². The summed E-state index contributed by atoms with van der Waals surface area (Å²) in [4.78, 5) is 4.47. The van der Waals surface area contributed by atoms with Gasteiger partial charge < -0.3 is 20.2 Å². The molecule has 22 heavy (non-hydrogen) atoms. The molecule has 0 radical (unpaired) electrons. The SMILES string of the molecule is CCNC(=NCC(C)(O)c1ccco1)NCC(CC)CC.I. The van der Waals surface area contributed by atoms with Crippen LogP contribution in [0.5, 0.6) is 0 Å². The molecule has 0 saturated carbocycles. The van der Waals surface area contributed by atoms with Crippen molar-refractivity contribution >= 4 is 29.9 Å². The van der Waals surface area contributed by atoms with Crippen LogP contribution in [0.4, 0.5) is 0 Å². The lowest BCUT2D eigenvalue weighted by Gasteiger charge is -2.20. The molecule has 1 aromatic heterocycles. The molecule has 1 unspecified atom stereocenters. The van der Waals surface area contributed by atoms with E-state index in [-0.39, 0.29) is 30.5 Å². The molecule has 6 heteroatoms. The molecule has 1 atom stereocenters. The van der Waals surface area contributed by atoms with Crippen molar-refractivity contribution in [3.8, 4) is 0 Å². The summed E-state index contributed by atoms with van der Waals surface area (Å²) in [5.41, 5.74) is -1.10. The van der Waals surface area contributed by atoms with E-state index >= 15 is 0 Å². The van der Waals surface area contributed by atoms with Gasteiger partial charge in [0.2, 0.25) is 0 Å². The van der Waals surface area contributed by atoms with E-state index < -0.39 is 5.60 Å². The van der Waals surface area contributed by atoms with E-state index in [0.29, 0.717) is 11.7 Å². The van der Waals surface area contributed by atoms with Gasteiger partial charge in [-0.1, -0.05) is 26.7 Å². The smallest absolute Gasteiger partial charge is 0.191 e. The number of rotatable bonds is 8. The number of nitrogens with zero attached hydrogens (tertiary/aromatic N) is 1. The molecular weight excluding hydrogens is 393 g/mol. The number of guanidine groups is 1. The summed E-state index contributed by atoms with van der Waals surface area (Å²) in [5.74, 6) is 1.90. The number of hydrogen-bond donors (Lipinski definition) is 3. The Morgan fingerprint density at radius 1 is 1.32 bits per heavy atom. The van der Waals surface area contributed by atoms with E-state index in [1.165, 1.54) is 0 Å². The molecule has 0 aliphatic carbocycles. The van der Waals surface area contributed by atoms with Crippen LogP contribution in [0.2, 0.25) is 0 Å². The zero-order valence-electron chi connectivity index (χ0n) is 14.1. The van der Waals surface area contributed by atoms with Crippen LogP contribution in [0.1, 0.15) is 46.3 Å². The summed E-state index contributed by atoms with van der Waals surface area (Å²) in [6.45, 7) is 10.1. The van der Waals surface area contributed by atoms with E-state index in [1.54, 1.807) is 25.3 Å². The maximum atomic E-state index is 10.4. The van der Waals surface area contributed by atoms with Gasteiger partial charge >= 0.3 is 0 Å². The molecule has 0 fully saturated rings. The maximum absolute atomic E-state index is 10.4. The number of furan rings is 1. The molecule has 0 bridgehead atoms. The lowest BCUT2D eigenvalue weighted by atomic mass is 10.0. The molecule has 1 aromatic rings. The van der Waals surface area contributed by atoms with Crippen molar-refractivity contribution in [2.75, 3.05) is 19.6 Å². The molecular formula is C16H30IN3O2. The number of halogens is 1. The van der Waals surface area contributed by atoms with E-state index in [9.17, 15) is 5.11 Å². The monoisotopic (exact) mass is 423 g/mol. The van der Waals surface area contributed by atoms with Gasteiger partial charge in [0, 0.05) is 13.1 Å². The van der Waals surface area contributed by atoms with Crippen molar-refractivity contribution in [2.24, 2.45) is 10.9 Å². The van der Waals surface area contributed by atoms with Crippen LogP contribution in [0, 0.1) is 5.92 Å². The highest BCUT2D eigenvalue weighted by molar-refractivity contribution is 14.0. The third-order valence-corrected chi connectivity index (χ3v) is 3.65. The van der Waals surface area contributed by atoms with Gasteiger partial charge in [-0.2, -0.15) is 0 Å². The molecule has 0 aliphatic heterocycles. The Morgan fingerprint density at radius 3 is 2.50 bits per heavy atom. The predicted octanol–water partition coefficient (Wildman–Crippen LogP) is 3.10. The largest absolute Gasteiger partial charge is 0.466 e. The zero-order valence-corrected chi connectivity index (χ0v) is 16.4. The first kappa shape index (κ1) is 21.2. The number of aliphatic hydroxyl groups is 1. The molecule has 1 heterocycles. The van der Waals surface area contributed by atoms with Crippen LogP contribution in [0.15, 0.2) is 27.8 Å². The highest BCUT2D eigenvalue weighted by atomic mass is 127. The zero-order chi connectivity index (χ0) is 15.7. The minimum Gasteiger partial charge on any atom is -0.466 e. The normalized spacial score (nSPS) is 14.4. The Balaban J connectivity index is 0.00000441. The second-order valence-corrected chi connectivity index (χ2v) is 5.51. The summed E-state index contributed by atoms with van der Waals surface area (Å²) in [6.07, 6.45) is 3.85. The summed E-state index contributed by atoms with van der Waals surface area (Å²) in [5, 5.41) is 16.9. The topological polar surface area (TPSA) is 69.8 Å². The lowest BCUT2D eigenvalue weighted by Crippen LogP contribution is -2.40. The van der Waals surface area contributed by atoms with Gasteiger partial charge in [0.25, 0.3) is 0 Å². The number of nitrogens with one attached hydrogen (secondary N) is 2. The standard InChI is InChI=1S/C16H29N3O2.HI/c1-5-13(6-2)11-18-15(17-7-3)19-12-16(4,20)14-9-8-10-21-14;/h8-10,13,20H,5-7,11-12H2,1-4H3,(H2,17,18,19);1H. The third-order valence-electron chi connectivity index (χ3n) is 3.65. The Labute approximate surface area is 151 Å². The second kappa shape index (κ2) is 10.9. The third kappa shape index (κ3) is 7.00. The van der Waals surface area contributed by atoms with Crippen molar-refractivity contribution in [2.45, 2.75) is 46.1 Å².